The van der Waals surface area contributed by atoms with Crippen LogP contribution in [0.15, 0.2) is 18.2 Å². The molecule has 2 heterocycles. The summed E-state index contributed by atoms with van der Waals surface area (Å²) in [6, 6.07) is 7.33. The van der Waals surface area contributed by atoms with E-state index in [-0.39, 0.29) is 23.8 Å². The van der Waals surface area contributed by atoms with Crippen LogP contribution in [0.5, 0.6) is 5.75 Å². The molecule has 3 atom stereocenters. The van der Waals surface area contributed by atoms with Crippen molar-refractivity contribution in [3.63, 3.8) is 0 Å². The lowest BCUT2D eigenvalue weighted by molar-refractivity contribution is 0.0787. The molecule has 0 aliphatic carbocycles. The Labute approximate surface area is 111 Å². The third-order valence-corrected chi connectivity index (χ3v) is 4.27. The molecular formula is C15H16FNO2. The van der Waals surface area contributed by atoms with Gasteiger partial charge in [-0.05, 0) is 43.4 Å². The summed E-state index contributed by atoms with van der Waals surface area (Å²) in [7, 11) is 1.44. The lowest BCUT2D eigenvalue weighted by Gasteiger charge is -2.28. The SMILES string of the molecule is COc1ccc(CC2(C#N)CC3CCC2O3)cc1F. The Bertz CT molecular complexity index is 539. The second kappa shape index (κ2) is 4.50. The van der Waals surface area contributed by atoms with E-state index in [0.717, 1.165) is 24.8 Å². The fraction of sp³-hybridized carbons (Fsp3) is 0.533. The monoisotopic (exact) mass is 261 g/mol. The molecule has 2 aliphatic rings. The third kappa shape index (κ3) is 1.98. The molecule has 3 nitrogen and oxygen atoms in total. The van der Waals surface area contributed by atoms with E-state index in [1.54, 1.807) is 6.07 Å². The smallest absolute Gasteiger partial charge is 0.165 e. The molecule has 2 fully saturated rings. The average Bonchev–Trinajstić information content (AvgIpc) is 3.00. The number of fused-ring (bicyclic) bond motifs is 2. The van der Waals surface area contributed by atoms with Gasteiger partial charge in [0.05, 0.1) is 30.8 Å². The highest BCUT2D eigenvalue weighted by Crippen LogP contribution is 2.49. The molecule has 100 valence electrons. The van der Waals surface area contributed by atoms with Gasteiger partial charge in [0.1, 0.15) is 0 Å². The fourth-order valence-electron chi connectivity index (χ4n) is 3.33. The maximum absolute atomic E-state index is 13.7. The van der Waals surface area contributed by atoms with E-state index >= 15 is 0 Å². The molecular weight excluding hydrogens is 245 g/mol. The highest BCUT2D eigenvalue weighted by molar-refractivity contribution is 5.31. The first-order chi connectivity index (χ1) is 9.16. The molecule has 0 N–H and O–H groups in total. The van der Waals surface area contributed by atoms with Gasteiger partial charge in [0.25, 0.3) is 0 Å². The van der Waals surface area contributed by atoms with Crippen LogP contribution in [0.1, 0.15) is 24.8 Å². The van der Waals surface area contributed by atoms with E-state index in [2.05, 4.69) is 6.07 Å². The van der Waals surface area contributed by atoms with Gasteiger partial charge < -0.3 is 9.47 Å². The molecule has 3 rings (SSSR count). The predicted molar refractivity (Wildman–Crippen MR) is 67.2 cm³/mol. The second-order valence-electron chi connectivity index (χ2n) is 5.44. The van der Waals surface area contributed by atoms with Crippen LogP contribution in [0.3, 0.4) is 0 Å². The predicted octanol–water partition coefficient (Wildman–Crippen LogP) is 2.84. The van der Waals surface area contributed by atoms with Crippen molar-refractivity contribution in [2.45, 2.75) is 37.9 Å². The van der Waals surface area contributed by atoms with Crippen LogP contribution in [-0.4, -0.2) is 19.3 Å². The van der Waals surface area contributed by atoms with Crippen molar-refractivity contribution >= 4 is 0 Å². The molecule has 19 heavy (non-hydrogen) atoms. The molecule has 0 spiro atoms. The molecule has 0 saturated carbocycles. The van der Waals surface area contributed by atoms with Crippen molar-refractivity contribution in [3.05, 3.63) is 29.6 Å². The van der Waals surface area contributed by atoms with Gasteiger partial charge in [-0.1, -0.05) is 6.07 Å². The zero-order valence-electron chi connectivity index (χ0n) is 10.9. The standard InChI is InChI=1S/C15H16FNO2/c1-18-13-4-2-10(6-12(13)16)7-15(9-17)8-11-3-5-14(15)19-11/h2,4,6,11,14H,3,5,7-8H2,1H3. The first kappa shape index (κ1) is 12.4. The minimum absolute atomic E-state index is 0.00710. The maximum Gasteiger partial charge on any atom is 0.165 e. The summed E-state index contributed by atoms with van der Waals surface area (Å²) in [5, 5.41) is 9.52. The summed E-state index contributed by atoms with van der Waals surface area (Å²) in [4.78, 5) is 0. The summed E-state index contributed by atoms with van der Waals surface area (Å²) < 4.78 is 24.4. The molecule has 0 amide bonds. The molecule has 0 aromatic heterocycles. The minimum Gasteiger partial charge on any atom is -0.494 e. The summed E-state index contributed by atoms with van der Waals surface area (Å²) in [6.45, 7) is 0. The van der Waals surface area contributed by atoms with Crippen LogP contribution >= 0.6 is 0 Å². The van der Waals surface area contributed by atoms with Crippen molar-refractivity contribution in [2.75, 3.05) is 7.11 Å². The highest BCUT2D eigenvalue weighted by atomic mass is 19.1. The Balaban J connectivity index is 1.84. The van der Waals surface area contributed by atoms with Crippen LogP contribution < -0.4 is 4.74 Å². The van der Waals surface area contributed by atoms with E-state index in [1.807, 2.05) is 6.07 Å². The first-order valence-electron chi connectivity index (χ1n) is 6.56. The fourth-order valence-corrected chi connectivity index (χ4v) is 3.33. The van der Waals surface area contributed by atoms with E-state index in [4.69, 9.17) is 9.47 Å². The Kier molecular flexibility index (Phi) is 2.94. The average molecular weight is 261 g/mol. The van der Waals surface area contributed by atoms with Crippen LogP contribution in [0.25, 0.3) is 0 Å². The topological polar surface area (TPSA) is 42.2 Å². The Morgan fingerprint density at radius 2 is 2.37 bits per heavy atom. The lowest BCUT2D eigenvalue weighted by atomic mass is 9.71. The number of benzene rings is 1. The zero-order valence-corrected chi connectivity index (χ0v) is 10.9. The van der Waals surface area contributed by atoms with Crippen LogP contribution in [0, 0.1) is 22.6 Å². The van der Waals surface area contributed by atoms with Crippen LogP contribution in [0.2, 0.25) is 0 Å². The summed E-state index contributed by atoms with van der Waals surface area (Å²) in [6.07, 6.45) is 3.52. The largest absolute Gasteiger partial charge is 0.494 e. The molecule has 0 radical (unpaired) electrons. The van der Waals surface area contributed by atoms with Gasteiger partial charge in [-0.3, -0.25) is 0 Å². The van der Waals surface area contributed by atoms with Gasteiger partial charge in [0.15, 0.2) is 11.6 Å². The molecule has 1 aromatic rings. The van der Waals surface area contributed by atoms with Gasteiger partial charge >= 0.3 is 0 Å². The van der Waals surface area contributed by atoms with Gasteiger partial charge in [-0.15, -0.1) is 0 Å². The van der Waals surface area contributed by atoms with E-state index in [9.17, 15) is 9.65 Å². The molecule has 2 aliphatic heterocycles. The normalized spacial score (nSPS) is 32.3. The summed E-state index contributed by atoms with van der Waals surface area (Å²) in [5.74, 6) is -0.142. The molecule has 2 bridgehead atoms. The van der Waals surface area contributed by atoms with E-state index in [1.165, 1.54) is 13.2 Å². The number of methoxy groups -OCH3 is 1. The van der Waals surface area contributed by atoms with E-state index < -0.39 is 5.41 Å². The van der Waals surface area contributed by atoms with Gasteiger partial charge in [0, 0.05) is 0 Å². The highest BCUT2D eigenvalue weighted by Gasteiger charge is 2.52. The first-order valence-corrected chi connectivity index (χ1v) is 6.56. The zero-order chi connectivity index (χ0) is 13.5. The van der Waals surface area contributed by atoms with Gasteiger partial charge in [-0.25, -0.2) is 4.39 Å². The number of hydrogen-bond acceptors (Lipinski definition) is 3. The van der Waals surface area contributed by atoms with Crippen molar-refractivity contribution in [2.24, 2.45) is 5.41 Å². The van der Waals surface area contributed by atoms with E-state index in [0.29, 0.717) is 6.42 Å². The molecule has 3 unspecified atom stereocenters. The van der Waals surface area contributed by atoms with Crippen molar-refractivity contribution in [3.8, 4) is 11.8 Å². The number of rotatable bonds is 3. The second-order valence-corrected chi connectivity index (χ2v) is 5.44. The number of halogens is 1. The van der Waals surface area contributed by atoms with Gasteiger partial charge in [0.2, 0.25) is 0 Å². The number of nitriles is 1. The van der Waals surface area contributed by atoms with Crippen molar-refractivity contribution < 1.29 is 13.9 Å². The third-order valence-electron chi connectivity index (χ3n) is 4.27. The molecule has 1 aromatic carbocycles. The lowest BCUT2D eigenvalue weighted by Crippen LogP contribution is -2.33. The Morgan fingerprint density at radius 3 is 2.89 bits per heavy atom. The minimum atomic E-state index is -0.482. The van der Waals surface area contributed by atoms with Crippen LogP contribution in [0.4, 0.5) is 4.39 Å². The Hall–Kier alpha value is -1.60. The van der Waals surface area contributed by atoms with Gasteiger partial charge in [-0.2, -0.15) is 5.26 Å². The van der Waals surface area contributed by atoms with Crippen LogP contribution in [-0.2, 0) is 11.2 Å². The number of nitrogens with zero attached hydrogens (tertiary/aromatic N) is 1. The Morgan fingerprint density at radius 1 is 1.53 bits per heavy atom. The summed E-state index contributed by atoms with van der Waals surface area (Å²) in [5.41, 5.74) is 0.347. The summed E-state index contributed by atoms with van der Waals surface area (Å²) >= 11 is 0. The molecule has 4 heteroatoms. The maximum atomic E-state index is 13.7. The molecule has 2 saturated heterocycles. The quantitative estimate of drug-likeness (QED) is 0.840. The van der Waals surface area contributed by atoms with Crippen molar-refractivity contribution in [1.82, 2.24) is 0 Å². The number of ether oxygens (including phenoxy) is 2. The van der Waals surface area contributed by atoms with Crippen molar-refractivity contribution in [1.29, 1.82) is 5.26 Å². The number of hydrogen-bond donors (Lipinski definition) is 0.